The minimum absolute atomic E-state index is 0.844. The molecule has 3 aliphatic rings. The van der Waals surface area contributed by atoms with Gasteiger partial charge in [0.15, 0.2) is 0 Å². The van der Waals surface area contributed by atoms with Crippen molar-refractivity contribution in [1.82, 2.24) is 19.7 Å². The van der Waals surface area contributed by atoms with Gasteiger partial charge in [-0.1, -0.05) is 6.92 Å². The van der Waals surface area contributed by atoms with Crippen LogP contribution in [0.2, 0.25) is 0 Å². The molecule has 3 saturated heterocycles. The lowest BCUT2D eigenvalue weighted by atomic mass is 9.96. The summed E-state index contributed by atoms with van der Waals surface area (Å²) in [4.78, 5) is 12.8. The average molecular weight is 335 g/mol. The number of hydrogen-bond donors (Lipinski definition) is 0. The van der Waals surface area contributed by atoms with E-state index in [1.807, 2.05) is 11.3 Å². The van der Waals surface area contributed by atoms with Crippen molar-refractivity contribution in [3.8, 4) is 0 Å². The Hall–Kier alpha value is -0.490. The molecule has 4 rings (SSSR count). The van der Waals surface area contributed by atoms with Crippen LogP contribution in [0.5, 0.6) is 0 Å². The van der Waals surface area contributed by atoms with Gasteiger partial charge in [0.1, 0.15) is 0 Å². The second-order valence-corrected chi connectivity index (χ2v) is 8.52. The summed E-state index contributed by atoms with van der Waals surface area (Å²) in [6, 6.07) is 2.57. The Morgan fingerprint density at radius 3 is 2.39 bits per heavy atom. The first kappa shape index (κ1) is 16.0. The molecule has 0 aliphatic carbocycles. The fourth-order valence-corrected chi connectivity index (χ4v) is 5.52. The van der Waals surface area contributed by atoms with E-state index in [-0.39, 0.29) is 0 Å². The van der Waals surface area contributed by atoms with Crippen LogP contribution in [0.15, 0.2) is 5.38 Å². The Labute approximate surface area is 144 Å². The van der Waals surface area contributed by atoms with Gasteiger partial charge in [0.2, 0.25) is 0 Å². The van der Waals surface area contributed by atoms with Crippen molar-refractivity contribution in [1.29, 1.82) is 0 Å². The molecule has 3 aliphatic heterocycles. The number of aryl methyl sites for hydroxylation is 1. The van der Waals surface area contributed by atoms with Gasteiger partial charge in [0.25, 0.3) is 0 Å². The lowest BCUT2D eigenvalue weighted by Gasteiger charge is -2.45. The zero-order chi connectivity index (χ0) is 15.8. The molecular weight excluding hydrogens is 304 g/mol. The lowest BCUT2D eigenvalue weighted by molar-refractivity contribution is 0.0377. The van der Waals surface area contributed by atoms with Gasteiger partial charge in [-0.05, 0) is 39.2 Å². The van der Waals surface area contributed by atoms with Gasteiger partial charge < -0.3 is 4.90 Å². The third-order valence-electron chi connectivity index (χ3n) is 6.28. The molecule has 0 N–H and O–H groups in total. The predicted molar refractivity (Wildman–Crippen MR) is 95.9 cm³/mol. The molecule has 1 unspecified atom stereocenters. The van der Waals surface area contributed by atoms with E-state index in [2.05, 4.69) is 34.1 Å². The molecule has 3 fully saturated rings. The SMILES string of the molecule is CCc1nc(CN2CCN(C3C[C@H]4CC[C@@H](C3)N4C)CC2)cs1. The summed E-state index contributed by atoms with van der Waals surface area (Å²) in [6.45, 7) is 8.15. The third-order valence-corrected chi connectivity index (χ3v) is 7.33. The van der Waals surface area contributed by atoms with Crippen LogP contribution >= 0.6 is 11.3 Å². The highest BCUT2D eigenvalue weighted by Crippen LogP contribution is 2.36. The summed E-state index contributed by atoms with van der Waals surface area (Å²) in [5, 5.41) is 3.53. The van der Waals surface area contributed by atoms with Gasteiger partial charge in [-0.15, -0.1) is 11.3 Å². The molecule has 0 saturated carbocycles. The molecule has 23 heavy (non-hydrogen) atoms. The van der Waals surface area contributed by atoms with Crippen LogP contribution in [0.1, 0.15) is 43.3 Å². The predicted octanol–water partition coefficient (Wildman–Crippen LogP) is 2.45. The van der Waals surface area contributed by atoms with E-state index < -0.39 is 0 Å². The standard InChI is InChI=1S/C18H30N4S/c1-3-18-19-14(13-23-18)12-21-6-8-22(9-7-21)17-10-15-4-5-16(11-17)20(15)2/h13,15-17H,3-12H2,1-2H3/t15-,16+,17?. The quantitative estimate of drug-likeness (QED) is 0.843. The number of fused-ring (bicyclic) bond motifs is 2. The molecule has 1 aromatic heterocycles. The van der Waals surface area contributed by atoms with Crippen LogP contribution in [-0.2, 0) is 13.0 Å². The molecule has 0 spiro atoms. The maximum Gasteiger partial charge on any atom is 0.0926 e. The monoisotopic (exact) mass is 334 g/mol. The fraction of sp³-hybridized carbons (Fsp3) is 0.833. The molecule has 3 atom stereocenters. The van der Waals surface area contributed by atoms with Gasteiger partial charge in [0.05, 0.1) is 10.7 Å². The minimum atomic E-state index is 0.844. The Morgan fingerprint density at radius 2 is 1.78 bits per heavy atom. The molecule has 0 radical (unpaired) electrons. The van der Waals surface area contributed by atoms with Gasteiger partial charge in [-0.2, -0.15) is 0 Å². The maximum atomic E-state index is 4.73. The number of aromatic nitrogens is 1. The molecule has 4 heterocycles. The van der Waals surface area contributed by atoms with E-state index in [4.69, 9.17) is 4.98 Å². The van der Waals surface area contributed by atoms with Gasteiger partial charge in [-0.3, -0.25) is 9.80 Å². The summed E-state index contributed by atoms with van der Waals surface area (Å²) in [5.41, 5.74) is 1.28. The van der Waals surface area contributed by atoms with Crippen molar-refractivity contribution in [2.75, 3.05) is 33.2 Å². The largest absolute Gasteiger partial charge is 0.300 e. The molecule has 128 valence electrons. The van der Waals surface area contributed by atoms with Crippen molar-refractivity contribution in [3.63, 3.8) is 0 Å². The third kappa shape index (κ3) is 3.34. The number of nitrogens with zero attached hydrogens (tertiary/aromatic N) is 4. The average Bonchev–Trinajstić information content (AvgIpc) is 3.08. The van der Waals surface area contributed by atoms with Crippen molar-refractivity contribution in [2.45, 2.75) is 63.7 Å². The van der Waals surface area contributed by atoms with Crippen LogP contribution < -0.4 is 0 Å². The van der Waals surface area contributed by atoms with Crippen LogP contribution in [0.4, 0.5) is 0 Å². The summed E-state index contributed by atoms with van der Waals surface area (Å²) >= 11 is 1.82. The van der Waals surface area contributed by atoms with Crippen molar-refractivity contribution in [2.24, 2.45) is 0 Å². The van der Waals surface area contributed by atoms with Gasteiger partial charge >= 0.3 is 0 Å². The Kier molecular flexibility index (Phi) is 4.72. The lowest BCUT2D eigenvalue weighted by Crippen LogP contribution is -2.54. The summed E-state index contributed by atoms with van der Waals surface area (Å²) in [5.74, 6) is 0. The maximum absolute atomic E-state index is 4.73. The van der Waals surface area contributed by atoms with Crippen LogP contribution in [-0.4, -0.2) is 71.0 Å². The molecule has 0 amide bonds. The van der Waals surface area contributed by atoms with Crippen LogP contribution in [0, 0.1) is 0 Å². The number of rotatable bonds is 4. The number of piperidine rings is 1. The second kappa shape index (κ2) is 6.79. The Morgan fingerprint density at radius 1 is 1.09 bits per heavy atom. The van der Waals surface area contributed by atoms with E-state index in [0.29, 0.717) is 0 Å². The van der Waals surface area contributed by atoms with E-state index in [1.54, 1.807) is 0 Å². The van der Waals surface area contributed by atoms with E-state index in [1.165, 1.54) is 62.6 Å². The first-order valence-electron chi connectivity index (χ1n) is 9.34. The Bertz CT molecular complexity index is 509. The highest BCUT2D eigenvalue weighted by molar-refractivity contribution is 7.09. The van der Waals surface area contributed by atoms with Gasteiger partial charge in [-0.25, -0.2) is 4.98 Å². The number of piperazine rings is 1. The number of hydrogen-bond acceptors (Lipinski definition) is 5. The molecule has 2 bridgehead atoms. The van der Waals surface area contributed by atoms with Gasteiger partial charge in [0, 0.05) is 56.2 Å². The van der Waals surface area contributed by atoms with Crippen LogP contribution in [0.25, 0.3) is 0 Å². The smallest absolute Gasteiger partial charge is 0.0926 e. The van der Waals surface area contributed by atoms with Crippen molar-refractivity contribution in [3.05, 3.63) is 16.1 Å². The van der Waals surface area contributed by atoms with E-state index >= 15 is 0 Å². The summed E-state index contributed by atoms with van der Waals surface area (Å²) in [7, 11) is 2.34. The highest BCUT2D eigenvalue weighted by Gasteiger charge is 2.40. The summed E-state index contributed by atoms with van der Waals surface area (Å²) in [6.07, 6.45) is 6.73. The first-order chi connectivity index (χ1) is 11.2. The van der Waals surface area contributed by atoms with Crippen molar-refractivity contribution < 1.29 is 0 Å². The normalized spacial score (nSPS) is 33.4. The molecule has 5 heteroatoms. The minimum Gasteiger partial charge on any atom is -0.300 e. The molecule has 4 nitrogen and oxygen atoms in total. The molecule has 0 aromatic carbocycles. The zero-order valence-electron chi connectivity index (χ0n) is 14.6. The molecular formula is C18H30N4S. The number of thiazole rings is 1. The second-order valence-electron chi connectivity index (χ2n) is 7.57. The molecule has 1 aromatic rings. The topological polar surface area (TPSA) is 22.6 Å². The first-order valence-corrected chi connectivity index (χ1v) is 10.2. The highest BCUT2D eigenvalue weighted by atomic mass is 32.1. The Balaban J connectivity index is 1.28. The van der Waals surface area contributed by atoms with Crippen LogP contribution in [0.3, 0.4) is 0 Å². The summed E-state index contributed by atoms with van der Waals surface area (Å²) < 4.78 is 0. The van der Waals surface area contributed by atoms with E-state index in [9.17, 15) is 0 Å². The van der Waals surface area contributed by atoms with Crippen molar-refractivity contribution >= 4 is 11.3 Å². The fourth-order valence-electron chi connectivity index (χ4n) is 4.78. The van der Waals surface area contributed by atoms with E-state index in [0.717, 1.165) is 31.1 Å². The zero-order valence-corrected chi connectivity index (χ0v) is 15.4.